The molecule has 194 valence electrons. The number of rotatable bonds is 8. The van der Waals surface area contributed by atoms with Crippen molar-refractivity contribution in [3.8, 4) is 11.5 Å². The van der Waals surface area contributed by atoms with Gasteiger partial charge in [-0.2, -0.15) is 18.3 Å². The van der Waals surface area contributed by atoms with E-state index >= 15 is 0 Å². The van der Waals surface area contributed by atoms with Crippen LogP contribution < -0.4 is 20.2 Å². The van der Waals surface area contributed by atoms with E-state index in [2.05, 4.69) is 5.10 Å². The highest BCUT2D eigenvalue weighted by Crippen LogP contribution is 2.34. The maximum atomic E-state index is 13.8. The lowest BCUT2D eigenvalue weighted by molar-refractivity contribution is -0.137. The van der Waals surface area contributed by atoms with Crippen LogP contribution in [0, 0.1) is 5.82 Å². The van der Waals surface area contributed by atoms with Crippen LogP contribution in [-0.2, 0) is 22.4 Å². The van der Waals surface area contributed by atoms with E-state index in [9.17, 15) is 27.2 Å². The van der Waals surface area contributed by atoms with Gasteiger partial charge >= 0.3 is 18.0 Å². The Labute approximate surface area is 214 Å². The van der Waals surface area contributed by atoms with E-state index in [1.807, 2.05) is 10.7 Å². The average Bonchev–Trinajstić information content (AvgIpc) is 2.85. The number of hydrazone groups is 1. The van der Waals surface area contributed by atoms with Gasteiger partial charge in [0, 0.05) is 5.56 Å². The van der Waals surface area contributed by atoms with Crippen LogP contribution in [0.15, 0.2) is 65.8 Å². The summed E-state index contributed by atoms with van der Waals surface area (Å²) in [7, 11) is 0. The molecule has 7 nitrogen and oxygen atoms in total. The van der Waals surface area contributed by atoms with E-state index in [1.54, 1.807) is 43.3 Å². The molecule has 0 fully saturated rings. The molecule has 2 amide bonds. The van der Waals surface area contributed by atoms with Crippen molar-refractivity contribution >= 4 is 35.3 Å². The molecule has 0 aliphatic rings. The number of benzene rings is 3. The zero-order valence-corrected chi connectivity index (χ0v) is 20.0. The quantitative estimate of drug-likeness (QED) is 0.170. The standard InChI is InChI=1S/C25H20ClF4N3O4/c1-2-36-22-11-15(7-10-21(22)37-14-16-5-3-4-6-19(16)27)13-31-33-24(35)23(34)32-20-12-17(25(28,29)30)8-9-18(20)26/h3-13H,2,14H2,1H3,(H,32,34)(H,33,35)/b31-13+. The first-order valence-corrected chi connectivity index (χ1v) is 11.1. The zero-order chi connectivity index (χ0) is 27.0. The van der Waals surface area contributed by atoms with E-state index in [-0.39, 0.29) is 17.3 Å². The third-order valence-electron chi connectivity index (χ3n) is 4.74. The first kappa shape index (κ1) is 27.5. The molecule has 0 saturated heterocycles. The van der Waals surface area contributed by atoms with Crippen molar-refractivity contribution in [2.24, 2.45) is 5.10 Å². The molecule has 0 saturated carbocycles. The average molecular weight is 538 g/mol. The summed E-state index contributed by atoms with van der Waals surface area (Å²) in [6.45, 7) is 2.05. The number of amides is 2. The number of nitrogens with one attached hydrogen (secondary N) is 2. The summed E-state index contributed by atoms with van der Waals surface area (Å²) in [4.78, 5) is 24.1. The van der Waals surface area contributed by atoms with E-state index in [4.69, 9.17) is 21.1 Å². The van der Waals surface area contributed by atoms with Gasteiger partial charge in [-0.3, -0.25) is 9.59 Å². The number of alkyl halides is 3. The van der Waals surface area contributed by atoms with Crippen molar-refractivity contribution in [2.75, 3.05) is 11.9 Å². The number of ether oxygens (including phenoxy) is 2. The highest BCUT2D eigenvalue weighted by Gasteiger charge is 2.31. The Balaban J connectivity index is 1.63. The number of hydrogen-bond donors (Lipinski definition) is 2. The van der Waals surface area contributed by atoms with Crippen LogP contribution in [0.1, 0.15) is 23.6 Å². The smallest absolute Gasteiger partial charge is 0.416 e. The first-order valence-electron chi connectivity index (χ1n) is 10.7. The number of hydrogen-bond acceptors (Lipinski definition) is 5. The summed E-state index contributed by atoms with van der Waals surface area (Å²) in [6, 6.07) is 13.2. The zero-order valence-electron chi connectivity index (χ0n) is 19.2. The monoisotopic (exact) mass is 537 g/mol. The molecular formula is C25H20ClF4N3O4. The molecule has 0 heterocycles. The maximum Gasteiger partial charge on any atom is 0.416 e. The molecular weight excluding hydrogens is 518 g/mol. The topological polar surface area (TPSA) is 89.0 Å². The first-order chi connectivity index (χ1) is 17.6. The van der Waals surface area contributed by atoms with Gasteiger partial charge in [0.15, 0.2) is 11.5 Å². The number of anilines is 1. The van der Waals surface area contributed by atoms with E-state index in [0.717, 1.165) is 12.1 Å². The van der Waals surface area contributed by atoms with Crippen molar-refractivity contribution in [1.29, 1.82) is 0 Å². The van der Waals surface area contributed by atoms with Crippen molar-refractivity contribution in [3.05, 3.63) is 88.2 Å². The van der Waals surface area contributed by atoms with Crippen LogP contribution in [0.2, 0.25) is 5.02 Å². The summed E-state index contributed by atoms with van der Waals surface area (Å²) < 4.78 is 63.7. The SMILES string of the molecule is CCOc1cc(/C=N/NC(=O)C(=O)Nc2cc(C(F)(F)F)ccc2Cl)ccc1OCc1ccccc1F. The Morgan fingerprint density at radius 2 is 1.76 bits per heavy atom. The van der Waals surface area contributed by atoms with Gasteiger partial charge in [-0.05, 0) is 55.0 Å². The largest absolute Gasteiger partial charge is 0.490 e. The van der Waals surface area contributed by atoms with Gasteiger partial charge in [-0.25, -0.2) is 9.82 Å². The van der Waals surface area contributed by atoms with Crippen molar-refractivity contribution < 1.29 is 36.6 Å². The molecule has 0 unspecified atom stereocenters. The predicted molar refractivity (Wildman–Crippen MR) is 129 cm³/mol. The fourth-order valence-corrected chi connectivity index (χ4v) is 3.12. The van der Waals surface area contributed by atoms with Crippen molar-refractivity contribution in [1.82, 2.24) is 5.43 Å². The third kappa shape index (κ3) is 7.68. The van der Waals surface area contributed by atoms with Gasteiger partial charge < -0.3 is 14.8 Å². The van der Waals surface area contributed by atoms with Crippen LogP contribution in [-0.4, -0.2) is 24.6 Å². The lowest BCUT2D eigenvalue weighted by Gasteiger charge is -2.13. The molecule has 0 spiro atoms. The highest BCUT2D eigenvalue weighted by atomic mass is 35.5. The van der Waals surface area contributed by atoms with E-state index in [1.165, 1.54) is 12.3 Å². The normalized spacial score (nSPS) is 11.3. The number of carbonyl (C=O) groups excluding carboxylic acids is 2. The fourth-order valence-electron chi connectivity index (χ4n) is 2.96. The summed E-state index contributed by atoms with van der Waals surface area (Å²) in [5.41, 5.74) is 1.37. The Morgan fingerprint density at radius 1 is 1.00 bits per heavy atom. The molecule has 0 aromatic heterocycles. The van der Waals surface area contributed by atoms with Crippen LogP contribution in [0.3, 0.4) is 0 Å². The Bertz CT molecular complexity index is 1320. The van der Waals surface area contributed by atoms with Crippen molar-refractivity contribution in [2.45, 2.75) is 19.7 Å². The summed E-state index contributed by atoms with van der Waals surface area (Å²) >= 11 is 5.81. The minimum Gasteiger partial charge on any atom is -0.490 e. The second kappa shape index (κ2) is 12.2. The summed E-state index contributed by atoms with van der Waals surface area (Å²) in [5, 5.41) is 5.51. The highest BCUT2D eigenvalue weighted by molar-refractivity contribution is 6.41. The van der Waals surface area contributed by atoms with Gasteiger partial charge in [0.2, 0.25) is 0 Å². The van der Waals surface area contributed by atoms with Crippen molar-refractivity contribution in [3.63, 3.8) is 0 Å². The molecule has 12 heteroatoms. The van der Waals surface area contributed by atoms with E-state index in [0.29, 0.717) is 35.3 Å². The number of nitrogens with zero attached hydrogens (tertiary/aromatic N) is 1. The van der Waals surface area contributed by atoms with Gasteiger partial charge in [0.25, 0.3) is 0 Å². The molecule has 0 atom stereocenters. The molecule has 37 heavy (non-hydrogen) atoms. The summed E-state index contributed by atoms with van der Waals surface area (Å²) in [5.74, 6) is -2.22. The Hall–Kier alpha value is -4.12. The second-order valence-electron chi connectivity index (χ2n) is 7.36. The van der Waals surface area contributed by atoms with Gasteiger partial charge in [-0.15, -0.1) is 0 Å². The molecule has 3 rings (SSSR count). The molecule has 0 aliphatic heterocycles. The molecule has 3 aromatic carbocycles. The second-order valence-corrected chi connectivity index (χ2v) is 7.77. The molecule has 0 aliphatic carbocycles. The predicted octanol–water partition coefficient (Wildman–Crippen LogP) is 5.56. The Kier molecular flexibility index (Phi) is 9.07. The Morgan fingerprint density at radius 3 is 2.46 bits per heavy atom. The lowest BCUT2D eigenvalue weighted by Crippen LogP contribution is -2.32. The molecule has 0 bridgehead atoms. The lowest BCUT2D eigenvalue weighted by atomic mass is 10.2. The van der Waals surface area contributed by atoms with Crippen LogP contribution in [0.25, 0.3) is 0 Å². The molecule has 3 aromatic rings. The fraction of sp³-hybridized carbons (Fsp3) is 0.160. The van der Waals surface area contributed by atoms with Crippen LogP contribution in [0.4, 0.5) is 23.2 Å². The minimum absolute atomic E-state index is 0.0265. The van der Waals surface area contributed by atoms with Gasteiger partial charge in [-0.1, -0.05) is 29.8 Å². The summed E-state index contributed by atoms with van der Waals surface area (Å²) in [6.07, 6.45) is -3.44. The third-order valence-corrected chi connectivity index (χ3v) is 5.07. The van der Waals surface area contributed by atoms with Crippen LogP contribution in [0.5, 0.6) is 11.5 Å². The minimum atomic E-state index is -4.66. The molecule has 0 radical (unpaired) electrons. The van der Waals surface area contributed by atoms with Crippen LogP contribution >= 0.6 is 11.6 Å². The van der Waals surface area contributed by atoms with Gasteiger partial charge in [0.05, 0.1) is 29.1 Å². The number of carbonyl (C=O) groups is 2. The van der Waals surface area contributed by atoms with Gasteiger partial charge in [0.1, 0.15) is 12.4 Å². The molecule has 2 N–H and O–H groups in total. The maximum absolute atomic E-state index is 13.8. The number of halogens is 5. The van der Waals surface area contributed by atoms with E-state index < -0.39 is 29.4 Å².